The third kappa shape index (κ3) is 9.00. The van der Waals surface area contributed by atoms with Gasteiger partial charge in [-0.1, -0.05) is 78.7 Å². The van der Waals surface area contributed by atoms with Crippen LogP contribution >= 0.6 is 11.8 Å². The molecule has 1 amide bonds. The summed E-state index contributed by atoms with van der Waals surface area (Å²) < 4.78 is 20.1. The summed E-state index contributed by atoms with van der Waals surface area (Å²) >= 11 is 1.72. The number of aliphatic hydroxyl groups is 2. The lowest BCUT2D eigenvalue weighted by Crippen LogP contribution is -2.64. The number of amides is 1. The molecule has 0 bridgehead atoms. The maximum atomic E-state index is 13.1. The Kier molecular flexibility index (Phi) is 13.7. The minimum Gasteiger partial charge on any atom is -0.460 e. The molecule has 6 atom stereocenters. The van der Waals surface area contributed by atoms with Gasteiger partial charge >= 0.3 is 6.09 Å². The molecule has 1 saturated carbocycles. The van der Waals surface area contributed by atoms with Crippen molar-refractivity contribution < 1.29 is 34.1 Å². The highest BCUT2D eigenvalue weighted by molar-refractivity contribution is 8.00. The van der Waals surface area contributed by atoms with E-state index in [2.05, 4.69) is 30.1 Å². The van der Waals surface area contributed by atoms with Crippen LogP contribution in [0.25, 0.3) is 0 Å². The first-order chi connectivity index (χ1) is 26.0. The topological polar surface area (TPSA) is 119 Å². The van der Waals surface area contributed by atoms with E-state index in [0.717, 1.165) is 59.4 Å². The van der Waals surface area contributed by atoms with Crippen molar-refractivity contribution in [2.24, 2.45) is 22.9 Å². The number of carbonyl (C=O) groups is 1. The fourth-order valence-electron chi connectivity index (χ4n) is 8.21. The molecule has 282 valence electrons. The van der Waals surface area contributed by atoms with Crippen molar-refractivity contribution in [3.8, 4) is 11.5 Å². The van der Waals surface area contributed by atoms with E-state index < -0.39 is 11.9 Å². The van der Waals surface area contributed by atoms with Crippen molar-refractivity contribution in [2.75, 3.05) is 26.4 Å². The van der Waals surface area contributed by atoms with E-state index in [-0.39, 0.29) is 48.7 Å². The van der Waals surface area contributed by atoms with E-state index in [1.807, 2.05) is 67.6 Å². The summed E-state index contributed by atoms with van der Waals surface area (Å²) in [5.41, 5.74) is 3.87. The summed E-state index contributed by atoms with van der Waals surface area (Å²) in [6, 6.07) is 25.7. The number of hydrogen-bond acceptors (Lipinski definition) is 9. The molecule has 0 unspecified atom stereocenters. The van der Waals surface area contributed by atoms with Gasteiger partial charge < -0.3 is 34.6 Å². The van der Waals surface area contributed by atoms with Gasteiger partial charge in [-0.25, -0.2) is 4.79 Å². The molecule has 10 heteroatoms. The zero-order valence-corrected chi connectivity index (χ0v) is 31.3. The van der Waals surface area contributed by atoms with Crippen LogP contribution in [0.15, 0.2) is 113 Å². The number of allylic oxidation sites excluding steroid dienone is 1. The van der Waals surface area contributed by atoms with E-state index in [1.54, 1.807) is 23.9 Å². The average Bonchev–Trinajstić information content (AvgIpc) is 3.18. The van der Waals surface area contributed by atoms with Crippen LogP contribution in [0.2, 0.25) is 0 Å². The van der Waals surface area contributed by atoms with Crippen LogP contribution in [0, 0.1) is 17.8 Å². The van der Waals surface area contributed by atoms with Crippen LogP contribution in [0.1, 0.15) is 68.9 Å². The standard InChI is InChI=1S/C43H52N2O7S/c1-3-25-49-43-39(53-33-18-9-6-10-19-33)28-37(45-50-4-2)35-26-31(17-11-13-23-46)34(20-12-14-24-47)40(41(35)43)36-27-32(21-22-38(36)52-43)51-42(48)44-29-30-15-7-5-8-16-30/h3,5-10,15-16,18-19,21-22,26-27,31,34,39-41,46-47H,1,4,11-14,17,20,23-25,28-29H2,2H3,(H,44,48)/t31-,34+,39-,40+,41+,43+/m0/s1. The Balaban J connectivity index is 1.47. The van der Waals surface area contributed by atoms with Gasteiger partial charge in [0.2, 0.25) is 5.79 Å². The number of thioether (sulfide) groups is 1. The Morgan fingerprint density at radius 3 is 2.47 bits per heavy atom. The maximum Gasteiger partial charge on any atom is 0.412 e. The first-order valence-corrected chi connectivity index (χ1v) is 19.8. The van der Waals surface area contributed by atoms with Crippen molar-refractivity contribution >= 4 is 23.6 Å². The van der Waals surface area contributed by atoms with Gasteiger partial charge in [0.15, 0.2) is 0 Å². The smallest absolute Gasteiger partial charge is 0.412 e. The van der Waals surface area contributed by atoms with E-state index in [1.165, 1.54) is 0 Å². The average molecular weight is 741 g/mol. The maximum absolute atomic E-state index is 13.1. The highest BCUT2D eigenvalue weighted by Crippen LogP contribution is 2.63. The number of benzene rings is 3. The van der Waals surface area contributed by atoms with Crippen LogP contribution in [0.3, 0.4) is 0 Å². The molecule has 3 aromatic rings. The van der Waals surface area contributed by atoms with Crippen LogP contribution in [0.5, 0.6) is 11.5 Å². The molecule has 1 aliphatic heterocycles. The van der Waals surface area contributed by atoms with Crippen LogP contribution < -0.4 is 14.8 Å². The molecule has 2 aliphatic carbocycles. The molecule has 0 saturated heterocycles. The lowest BCUT2D eigenvalue weighted by Gasteiger charge is -2.58. The number of nitrogens with zero attached hydrogens (tertiary/aromatic N) is 1. The number of ether oxygens (including phenoxy) is 3. The quantitative estimate of drug-likeness (QED) is 0.0676. The van der Waals surface area contributed by atoms with E-state index >= 15 is 0 Å². The first-order valence-electron chi connectivity index (χ1n) is 18.9. The van der Waals surface area contributed by atoms with Gasteiger partial charge in [-0.15, -0.1) is 18.3 Å². The lowest BCUT2D eigenvalue weighted by molar-refractivity contribution is -0.223. The molecule has 1 heterocycles. The van der Waals surface area contributed by atoms with Crippen molar-refractivity contribution in [2.45, 2.75) is 80.3 Å². The molecule has 0 radical (unpaired) electrons. The Labute approximate surface area is 317 Å². The van der Waals surface area contributed by atoms with Crippen molar-refractivity contribution in [1.29, 1.82) is 0 Å². The summed E-state index contributed by atoms with van der Waals surface area (Å²) in [5.74, 6) is -0.0672. The molecule has 0 aromatic heterocycles. The fraction of sp³-hybridized carbons (Fsp3) is 0.442. The van der Waals surface area contributed by atoms with Gasteiger partial charge in [-0.2, -0.15) is 0 Å². The minimum atomic E-state index is -1.09. The van der Waals surface area contributed by atoms with Crippen molar-refractivity contribution in [3.63, 3.8) is 0 Å². The molecule has 0 spiro atoms. The molecule has 6 rings (SSSR count). The lowest BCUT2D eigenvalue weighted by atomic mass is 9.56. The van der Waals surface area contributed by atoms with Gasteiger partial charge in [-0.05, 0) is 85.9 Å². The normalized spacial score (nSPS) is 25.0. The summed E-state index contributed by atoms with van der Waals surface area (Å²) in [5, 5.41) is 27.0. The Morgan fingerprint density at radius 1 is 1.02 bits per heavy atom. The van der Waals surface area contributed by atoms with E-state index in [9.17, 15) is 15.0 Å². The monoisotopic (exact) mass is 740 g/mol. The molecular formula is C43H52N2O7S. The molecule has 3 N–H and O–H groups in total. The largest absolute Gasteiger partial charge is 0.460 e. The summed E-state index contributed by atoms with van der Waals surface area (Å²) in [7, 11) is 0. The van der Waals surface area contributed by atoms with Crippen molar-refractivity contribution in [3.05, 3.63) is 114 Å². The number of hydrogen-bond donors (Lipinski definition) is 3. The minimum absolute atomic E-state index is 0.108. The van der Waals surface area contributed by atoms with Gasteiger partial charge in [0.1, 0.15) is 18.1 Å². The molecule has 9 nitrogen and oxygen atoms in total. The van der Waals surface area contributed by atoms with Gasteiger partial charge in [0.05, 0.1) is 23.5 Å². The van der Waals surface area contributed by atoms with E-state index in [4.69, 9.17) is 24.2 Å². The van der Waals surface area contributed by atoms with E-state index in [0.29, 0.717) is 37.5 Å². The highest BCUT2D eigenvalue weighted by atomic mass is 32.2. The third-order valence-corrected chi connectivity index (χ3v) is 11.8. The molecule has 3 aromatic carbocycles. The zero-order valence-electron chi connectivity index (χ0n) is 30.5. The number of oxime groups is 1. The van der Waals surface area contributed by atoms with Crippen LogP contribution in [-0.4, -0.2) is 59.5 Å². The summed E-state index contributed by atoms with van der Waals surface area (Å²) in [6.07, 6.45) is 9.05. The Hall–Kier alpha value is -4.09. The number of nitrogens with one attached hydrogen (secondary N) is 1. The summed E-state index contributed by atoms with van der Waals surface area (Å²) in [6.45, 7) is 7.28. The number of aliphatic hydroxyl groups excluding tert-OH is 2. The third-order valence-electron chi connectivity index (χ3n) is 10.4. The van der Waals surface area contributed by atoms with Gasteiger partial charge in [-0.3, -0.25) is 0 Å². The van der Waals surface area contributed by atoms with Crippen LogP contribution in [-0.2, 0) is 16.1 Å². The number of unbranched alkanes of at least 4 members (excludes halogenated alkanes) is 2. The second-order valence-corrected chi connectivity index (χ2v) is 15.1. The second-order valence-electron chi connectivity index (χ2n) is 13.8. The number of carbonyl (C=O) groups excluding carboxylic acids is 1. The van der Waals surface area contributed by atoms with Gasteiger partial charge in [0, 0.05) is 42.6 Å². The molecule has 1 fully saturated rings. The Bertz CT molecular complexity index is 1720. The number of rotatable bonds is 18. The van der Waals surface area contributed by atoms with Crippen molar-refractivity contribution in [1.82, 2.24) is 5.32 Å². The molecule has 3 aliphatic rings. The predicted octanol–water partition coefficient (Wildman–Crippen LogP) is 8.42. The highest BCUT2D eigenvalue weighted by Gasteiger charge is 2.64. The molecule has 53 heavy (non-hydrogen) atoms. The van der Waals surface area contributed by atoms with Crippen LogP contribution in [0.4, 0.5) is 4.79 Å². The van der Waals surface area contributed by atoms with Gasteiger partial charge in [0.25, 0.3) is 0 Å². The molecular weight excluding hydrogens is 689 g/mol. The zero-order chi connectivity index (χ0) is 37.0. The Morgan fingerprint density at radius 2 is 1.75 bits per heavy atom. The fourth-order valence-corrected chi connectivity index (χ4v) is 9.52. The first kappa shape index (κ1) is 38.6. The predicted molar refractivity (Wildman–Crippen MR) is 208 cm³/mol. The number of fused-ring (bicyclic) bond motifs is 2. The SMILES string of the molecule is C=CCO[C@@]12Oc3ccc(OC(=O)NCc4ccccc4)cc3[C@H]3[C@H](CCCCO)[C@@H](CCCCO)C=C(C(=NOCC)C[C@@H]1Sc1ccccc1)[C@H]32. The summed E-state index contributed by atoms with van der Waals surface area (Å²) in [4.78, 5) is 20.0. The second kappa shape index (κ2) is 18.8.